The Morgan fingerprint density at radius 1 is 1.45 bits per heavy atom. The molecule has 0 fully saturated rings. The van der Waals surface area contributed by atoms with E-state index in [9.17, 15) is 0 Å². The number of methoxy groups -OCH3 is 1. The van der Waals surface area contributed by atoms with E-state index < -0.39 is 0 Å². The van der Waals surface area contributed by atoms with Gasteiger partial charge in [-0.3, -0.25) is 4.68 Å². The molecule has 20 heavy (non-hydrogen) atoms. The minimum Gasteiger partial charge on any atom is -0.493 e. The van der Waals surface area contributed by atoms with Crippen molar-refractivity contribution in [3.63, 3.8) is 0 Å². The van der Waals surface area contributed by atoms with Crippen LogP contribution in [0.2, 0.25) is 0 Å². The number of nitrogens with zero attached hydrogens (tertiary/aromatic N) is 5. The van der Waals surface area contributed by atoms with Gasteiger partial charge in [-0.15, -0.1) is 0 Å². The maximum absolute atomic E-state index is 5.42. The van der Waals surface area contributed by atoms with Crippen LogP contribution in [-0.4, -0.2) is 64.9 Å². The molecule has 2 aromatic heterocycles. The fourth-order valence-corrected chi connectivity index (χ4v) is 2.07. The monoisotopic (exact) mass is 279 g/mol. The normalized spacial score (nSPS) is 12.8. The van der Waals surface area contributed by atoms with E-state index in [0.29, 0.717) is 0 Å². The van der Waals surface area contributed by atoms with Gasteiger partial charge in [-0.05, 0) is 21.1 Å². The summed E-state index contributed by atoms with van der Waals surface area (Å²) in [6.07, 6.45) is 3.43. The quantitative estimate of drug-likeness (QED) is 0.735. The third kappa shape index (κ3) is 2.97. The lowest BCUT2D eigenvalue weighted by Gasteiger charge is -2.18. The minimum absolute atomic E-state index is 0.117. The summed E-state index contributed by atoms with van der Waals surface area (Å²) in [5.41, 5.74) is 1.75. The molecule has 2 heterocycles. The summed E-state index contributed by atoms with van der Waals surface area (Å²) in [6.45, 7) is 1.68. The van der Waals surface area contributed by atoms with Gasteiger partial charge >= 0.3 is 0 Å². The summed E-state index contributed by atoms with van der Waals surface area (Å²) in [4.78, 5) is 2.11. The zero-order valence-electron chi connectivity index (χ0n) is 12.3. The maximum Gasteiger partial charge on any atom is 0.161 e. The second-order valence-electron chi connectivity index (χ2n) is 4.74. The van der Waals surface area contributed by atoms with Crippen molar-refractivity contribution in [2.24, 2.45) is 0 Å². The molecule has 0 aliphatic heterocycles. The van der Waals surface area contributed by atoms with Crippen LogP contribution >= 0.6 is 0 Å². The van der Waals surface area contributed by atoms with Crippen LogP contribution in [0.4, 0.5) is 0 Å². The molecule has 0 bridgehead atoms. The largest absolute Gasteiger partial charge is 0.493 e. The van der Waals surface area contributed by atoms with Gasteiger partial charge in [0, 0.05) is 6.54 Å². The first kappa shape index (κ1) is 14.5. The molecule has 0 saturated carbocycles. The van der Waals surface area contributed by atoms with Crippen molar-refractivity contribution in [1.29, 1.82) is 0 Å². The molecule has 0 aliphatic carbocycles. The summed E-state index contributed by atoms with van der Waals surface area (Å²) in [7, 11) is 7.59. The highest BCUT2D eigenvalue weighted by molar-refractivity contribution is 5.33. The number of hydrogen-bond acceptors (Lipinski definition) is 6. The molecule has 0 radical (unpaired) electrons. The van der Waals surface area contributed by atoms with Crippen molar-refractivity contribution in [1.82, 2.24) is 35.4 Å². The SMILES string of the molecule is CNC(c1cn[nH]n1)c1c(OC)cnn1CCN(C)C. The molecule has 110 valence electrons. The highest BCUT2D eigenvalue weighted by Gasteiger charge is 2.24. The van der Waals surface area contributed by atoms with Crippen molar-refractivity contribution in [2.45, 2.75) is 12.6 Å². The Labute approximate surface area is 118 Å². The van der Waals surface area contributed by atoms with Gasteiger partial charge in [0.15, 0.2) is 5.75 Å². The van der Waals surface area contributed by atoms with Gasteiger partial charge in [-0.25, -0.2) is 0 Å². The molecule has 0 spiro atoms. The lowest BCUT2D eigenvalue weighted by atomic mass is 10.1. The zero-order valence-corrected chi connectivity index (χ0v) is 12.3. The number of aromatic nitrogens is 5. The van der Waals surface area contributed by atoms with E-state index in [2.05, 4.69) is 30.7 Å². The smallest absolute Gasteiger partial charge is 0.161 e. The van der Waals surface area contributed by atoms with Crippen LogP contribution < -0.4 is 10.1 Å². The lowest BCUT2D eigenvalue weighted by Crippen LogP contribution is -2.25. The van der Waals surface area contributed by atoms with E-state index in [1.165, 1.54) is 0 Å². The Kier molecular flexibility index (Phi) is 4.70. The summed E-state index contributed by atoms with van der Waals surface area (Å²) in [5, 5.41) is 18.3. The van der Waals surface area contributed by atoms with Crippen LogP contribution in [-0.2, 0) is 6.54 Å². The van der Waals surface area contributed by atoms with Gasteiger partial charge in [-0.2, -0.15) is 20.5 Å². The predicted molar refractivity (Wildman–Crippen MR) is 74.6 cm³/mol. The van der Waals surface area contributed by atoms with Gasteiger partial charge in [0.2, 0.25) is 0 Å². The summed E-state index contributed by atoms with van der Waals surface area (Å²) >= 11 is 0. The molecule has 0 amide bonds. The van der Waals surface area contributed by atoms with Crippen LogP contribution in [0.5, 0.6) is 5.75 Å². The highest BCUT2D eigenvalue weighted by atomic mass is 16.5. The minimum atomic E-state index is -0.117. The average Bonchev–Trinajstić information content (AvgIpc) is 3.07. The first-order chi connectivity index (χ1) is 9.67. The molecule has 0 saturated heterocycles. The zero-order chi connectivity index (χ0) is 14.5. The third-order valence-electron chi connectivity index (χ3n) is 3.12. The molecule has 8 heteroatoms. The number of hydrogen-bond donors (Lipinski definition) is 2. The number of likely N-dealkylation sites (N-methyl/N-ethyl adjacent to an activating group) is 1. The van der Waals surface area contributed by atoms with Crippen LogP contribution in [0.25, 0.3) is 0 Å². The Morgan fingerprint density at radius 2 is 2.25 bits per heavy atom. The van der Waals surface area contributed by atoms with Crippen molar-refractivity contribution in [3.05, 3.63) is 23.8 Å². The van der Waals surface area contributed by atoms with E-state index >= 15 is 0 Å². The van der Waals surface area contributed by atoms with E-state index in [-0.39, 0.29) is 6.04 Å². The molecular weight excluding hydrogens is 258 g/mol. The number of ether oxygens (including phenoxy) is 1. The van der Waals surface area contributed by atoms with E-state index in [1.54, 1.807) is 19.5 Å². The summed E-state index contributed by atoms with van der Waals surface area (Å²) in [6, 6.07) is -0.117. The van der Waals surface area contributed by atoms with E-state index in [4.69, 9.17) is 4.74 Å². The molecule has 2 aromatic rings. The molecule has 2 rings (SSSR count). The molecule has 0 aromatic carbocycles. The Morgan fingerprint density at radius 3 is 2.80 bits per heavy atom. The first-order valence-corrected chi connectivity index (χ1v) is 6.44. The predicted octanol–water partition coefficient (Wildman–Crippen LogP) is -0.120. The van der Waals surface area contributed by atoms with Crippen molar-refractivity contribution in [2.75, 3.05) is 34.8 Å². The van der Waals surface area contributed by atoms with Gasteiger partial charge in [0.25, 0.3) is 0 Å². The van der Waals surface area contributed by atoms with Gasteiger partial charge in [-0.1, -0.05) is 0 Å². The van der Waals surface area contributed by atoms with Crippen molar-refractivity contribution >= 4 is 0 Å². The molecule has 8 nitrogen and oxygen atoms in total. The second kappa shape index (κ2) is 6.49. The van der Waals surface area contributed by atoms with Gasteiger partial charge in [0.1, 0.15) is 11.4 Å². The van der Waals surface area contributed by atoms with Crippen LogP contribution in [0.15, 0.2) is 12.4 Å². The van der Waals surface area contributed by atoms with Crippen LogP contribution in [0, 0.1) is 0 Å². The molecule has 1 unspecified atom stereocenters. The Hall–Kier alpha value is -1.93. The number of nitrogens with one attached hydrogen (secondary N) is 2. The number of rotatable bonds is 7. The maximum atomic E-state index is 5.42. The third-order valence-corrected chi connectivity index (χ3v) is 3.12. The van der Waals surface area contributed by atoms with Crippen LogP contribution in [0.1, 0.15) is 17.4 Å². The van der Waals surface area contributed by atoms with Crippen LogP contribution in [0.3, 0.4) is 0 Å². The van der Waals surface area contributed by atoms with Gasteiger partial charge < -0.3 is 15.0 Å². The molecule has 0 aliphatic rings. The van der Waals surface area contributed by atoms with Crippen molar-refractivity contribution in [3.8, 4) is 5.75 Å². The van der Waals surface area contributed by atoms with E-state index in [1.807, 2.05) is 25.8 Å². The average molecular weight is 279 g/mol. The Bertz CT molecular complexity index is 520. The second-order valence-corrected chi connectivity index (χ2v) is 4.74. The number of aromatic amines is 1. The molecule has 1 atom stereocenters. The fourth-order valence-electron chi connectivity index (χ4n) is 2.07. The number of H-pyrrole nitrogens is 1. The van der Waals surface area contributed by atoms with Gasteiger partial charge in [0.05, 0.1) is 32.1 Å². The summed E-state index contributed by atoms with van der Waals surface area (Å²) < 4.78 is 7.36. The summed E-state index contributed by atoms with van der Waals surface area (Å²) in [5.74, 6) is 0.742. The highest BCUT2D eigenvalue weighted by Crippen LogP contribution is 2.28. The standard InChI is InChI=1S/C12H21N7O/c1-13-11(9-7-14-17-16-9)12-10(20-4)8-15-19(12)6-5-18(2)3/h7-8,11,13H,5-6H2,1-4H3,(H,14,16,17). The lowest BCUT2D eigenvalue weighted by molar-refractivity contribution is 0.360. The topological polar surface area (TPSA) is 83.9 Å². The fraction of sp³-hybridized carbons (Fsp3) is 0.583. The van der Waals surface area contributed by atoms with E-state index in [0.717, 1.165) is 30.2 Å². The van der Waals surface area contributed by atoms with Crippen molar-refractivity contribution < 1.29 is 4.74 Å². The first-order valence-electron chi connectivity index (χ1n) is 6.44. The molecular formula is C12H21N7O. The molecule has 2 N–H and O–H groups in total. The Balaban J connectivity index is 2.34.